The summed E-state index contributed by atoms with van der Waals surface area (Å²) in [7, 11) is 1.28. The van der Waals surface area contributed by atoms with Crippen LogP contribution in [0.15, 0.2) is 12.1 Å². The first-order chi connectivity index (χ1) is 6.07. The largest absolute Gasteiger partial charge is 0.493 e. The van der Waals surface area contributed by atoms with E-state index in [1.165, 1.54) is 7.11 Å². The van der Waals surface area contributed by atoms with Gasteiger partial charge in [-0.2, -0.15) is 0 Å². The highest BCUT2D eigenvalue weighted by atomic mass is 19.1. The Kier molecular flexibility index (Phi) is 2.83. The maximum Gasteiger partial charge on any atom is 0.165 e. The van der Waals surface area contributed by atoms with Crippen LogP contribution < -0.4 is 10.5 Å². The molecule has 0 fully saturated rings. The van der Waals surface area contributed by atoms with Crippen molar-refractivity contribution in [2.24, 2.45) is 5.73 Å². The van der Waals surface area contributed by atoms with Gasteiger partial charge >= 0.3 is 0 Å². The Morgan fingerprint density at radius 1 is 1.31 bits per heavy atom. The first-order valence-electron chi connectivity index (χ1n) is 3.85. The van der Waals surface area contributed by atoms with Crippen molar-refractivity contribution in [3.8, 4) is 5.75 Å². The number of hydrogen-bond acceptors (Lipinski definition) is 2. The Balaban J connectivity index is 3.35. The van der Waals surface area contributed by atoms with E-state index >= 15 is 0 Å². The summed E-state index contributed by atoms with van der Waals surface area (Å²) in [6, 6.07) is 1.46. The number of hydrogen-bond donors (Lipinski definition) is 1. The van der Waals surface area contributed by atoms with E-state index < -0.39 is 17.7 Å². The zero-order valence-electron chi connectivity index (χ0n) is 7.47. The second kappa shape index (κ2) is 3.70. The number of rotatable bonds is 2. The van der Waals surface area contributed by atoms with Gasteiger partial charge in [0.25, 0.3) is 0 Å². The van der Waals surface area contributed by atoms with Crippen molar-refractivity contribution < 1.29 is 13.5 Å². The molecule has 2 nitrogen and oxygen atoms in total. The van der Waals surface area contributed by atoms with Crippen molar-refractivity contribution >= 4 is 0 Å². The molecule has 0 saturated carbocycles. The van der Waals surface area contributed by atoms with E-state index in [9.17, 15) is 8.78 Å². The fourth-order valence-electron chi connectivity index (χ4n) is 1.18. The lowest BCUT2D eigenvalue weighted by Crippen LogP contribution is -2.10. The van der Waals surface area contributed by atoms with E-state index in [0.717, 1.165) is 12.1 Å². The predicted octanol–water partition coefficient (Wildman–Crippen LogP) is 1.99. The van der Waals surface area contributed by atoms with Crippen LogP contribution in [0.4, 0.5) is 8.78 Å². The molecule has 0 aliphatic rings. The Hall–Kier alpha value is -1.16. The molecule has 0 amide bonds. The number of halogens is 2. The lowest BCUT2D eigenvalue weighted by molar-refractivity contribution is 0.372. The summed E-state index contributed by atoms with van der Waals surface area (Å²) in [4.78, 5) is 0. The van der Waals surface area contributed by atoms with Crippen molar-refractivity contribution in [1.82, 2.24) is 0 Å². The van der Waals surface area contributed by atoms with E-state index in [2.05, 4.69) is 0 Å². The van der Waals surface area contributed by atoms with Crippen molar-refractivity contribution in [2.45, 2.75) is 13.0 Å². The molecule has 0 spiro atoms. The van der Waals surface area contributed by atoms with Gasteiger partial charge in [-0.3, -0.25) is 0 Å². The minimum Gasteiger partial charge on any atom is -0.493 e. The van der Waals surface area contributed by atoms with E-state index in [1.807, 2.05) is 0 Å². The van der Waals surface area contributed by atoms with E-state index in [4.69, 9.17) is 10.5 Å². The SMILES string of the molecule is COc1c(F)ccc(F)c1[C@@H](C)N. The van der Waals surface area contributed by atoms with Crippen LogP contribution in [0.25, 0.3) is 0 Å². The first kappa shape index (κ1) is 9.92. The van der Waals surface area contributed by atoms with Crippen LogP contribution in [0.2, 0.25) is 0 Å². The summed E-state index contributed by atoms with van der Waals surface area (Å²) in [5, 5.41) is 0. The molecule has 4 heteroatoms. The van der Waals surface area contributed by atoms with Gasteiger partial charge in [0.05, 0.1) is 7.11 Å². The number of ether oxygens (including phenoxy) is 1. The molecule has 2 N–H and O–H groups in total. The highest BCUT2D eigenvalue weighted by molar-refractivity contribution is 5.38. The summed E-state index contributed by atoms with van der Waals surface area (Å²) in [5.41, 5.74) is 5.54. The van der Waals surface area contributed by atoms with Crippen molar-refractivity contribution in [2.75, 3.05) is 7.11 Å². The molecule has 0 saturated heterocycles. The topological polar surface area (TPSA) is 35.2 Å². The number of nitrogens with two attached hydrogens (primary N) is 1. The molecule has 1 aromatic rings. The van der Waals surface area contributed by atoms with Gasteiger partial charge in [0, 0.05) is 11.6 Å². The van der Waals surface area contributed by atoms with Crippen molar-refractivity contribution in [1.29, 1.82) is 0 Å². The quantitative estimate of drug-likeness (QED) is 0.768. The molecule has 0 heterocycles. The van der Waals surface area contributed by atoms with Gasteiger partial charge in [0.2, 0.25) is 0 Å². The van der Waals surface area contributed by atoms with E-state index in [1.54, 1.807) is 6.92 Å². The average molecular weight is 187 g/mol. The van der Waals surface area contributed by atoms with E-state index in [-0.39, 0.29) is 11.3 Å². The molecule has 0 radical (unpaired) electrons. The molecule has 0 aliphatic carbocycles. The lowest BCUT2D eigenvalue weighted by atomic mass is 10.1. The highest BCUT2D eigenvalue weighted by Gasteiger charge is 2.17. The van der Waals surface area contributed by atoms with Crippen LogP contribution in [0.3, 0.4) is 0 Å². The third-order valence-electron chi connectivity index (χ3n) is 1.75. The second-order valence-electron chi connectivity index (χ2n) is 2.76. The van der Waals surface area contributed by atoms with Gasteiger partial charge in [-0.1, -0.05) is 0 Å². The maximum absolute atomic E-state index is 13.1. The van der Waals surface area contributed by atoms with Crippen LogP contribution in [0, 0.1) is 11.6 Å². The fraction of sp³-hybridized carbons (Fsp3) is 0.333. The number of benzene rings is 1. The predicted molar refractivity (Wildman–Crippen MR) is 45.5 cm³/mol. The summed E-state index contributed by atoms with van der Waals surface area (Å²) in [5.74, 6) is -1.26. The zero-order valence-corrected chi connectivity index (χ0v) is 7.47. The molecule has 0 bridgehead atoms. The molecule has 13 heavy (non-hydrogen) atoms. The Labute approximate surface area is 75.3 Å². The van der Waals surface area contributed by atoms with Crippen LogP contribution in [-0.2, 0) is 0 Å². The van der Waals surface area contributed by atoms with Gasteiger partial charge < -0.3 is 10.5 Å². The van der Waals surface area contributed by atoms with Crippen molar-refractivity contribution in [3.05, 3.63) is 29.3 Å². The fourth-order valence-corrected chi connectivity index (χ4v) is 1.18. The molecule has 1 rings (SSSR count). The smallest absolute Gasteiger partial charge is 0.165 e. The molecular weight excluding hydrogens is 176 g/mol. The van der Waals surface area contributed by atoms with Crippen LogP contribution >= 0.6 is 0 Å². The Morgan fingerprint density at radius 2 is 1.85 bits per heavy atom. The Bertz CT molecular complexity index is 313. The molecule has 72 valence electrons. The molecule has 0 aromatic heterocycles. The van der Waals surface area contributed by atoms with Gasteiger partial charge in [0.1, 0.15) is 5.82 Å². The van der Waals surface area contributed by atoms with Crippen LogP contribution in [0.5, 0.6) is 5.75 Å². The van der Waals surface area contributed by atoms with Gasteiger partial charge in [-0.15, -0.1) is 0 Å². The normalized spacial score (nSPS) is 12.7. The molecule has 0 unspecified atom stereocenters. The Morgan fingerprint density at radius 3 is 2.23 bits per heavy atom. The third kappa shape index (κ3) is 1.78. The summed E-state index contributed by atoms with van der Waals surface area (Å²) >= 11 is 0. The molecular formula is C9H11F2NO. The minimum atomic E-state index is -0.601. The monoisotopic (exact) mass is 187 g/mol. The summed E-state index contributed by atoms with van der Waals surface area (Å²) < 4.78 is 30.9. The van der Waals surface area contributed by atoms with Gasteiger partial charge in [0.15, 0.2) is 11.6 Å². The third-order valence-corrected chi connectivity index (χ3v) is 1.75. The minimum absolute atomic E-state index is 0.0718. The summed E-state index contributed by atoms with van der Waals surface area (Å²) in [6.45, 7) is 1.57. The first-order valence-corrected chi connectivity index (χ1v) is 3.85. The molecule has 1 atom stereocenters. The average Bonchev–Trinajstić information content (AvgIpc) is 2.07. The van der Waals surface area contributed by atoms with Crippen LogP contribution in [0.1, 0.15) is 18.5 Å². The standard InChI is InChI=1S/C9H11F2NO/c1-5(12)8-6(10)3-4-7(11)9(8)13-2/h3-5H,12H2,1-2H3/t5-/m1/s1. The second-order valence-corrected chi connectivity index (χ2v) is 2.76. The lowest BCUT2D eigenvalue weighted by Gasteiger charge is -2.12. The summed E-state index contributed by atoms with van der Waals surface area (Å²) in [6.07, 6.45) is 0. The molecule has 1 aromatic carbocycles. The van der Waals surface area contributed by atoms with Gasteiger partial charge in [-0.05, 0) is 19.1 Å². The molecule has 0 aliphatic heterocycles. The number of methoxy groups -OCH3 is 1. The highest BCUT2D eigenvalue weighted by Crippen LogP contribution is 2.29. The van der Waals surface area contributed by atoms with Crippen molar-refractivity contribution in [3.63, 3.8) is 0 Å². The van der Waals surface area contributed by atoms with Gasteiger partial charge in [-0.25, -0.2) is 8.78 Å². The zero-order chi connectivity index (χ0) is 10.0. The maximum atomic E-state index is 13.1. The van der Waals surface area contributed by atoms with Crippen LogP contribution in [-0.4, -0.2) is 7.11 Å². The van der Waals surface area contributed by atoms with E-state index in [0.29, 0.717) is 0 Å².